The Hall–Kier alpha value is -3.59. The summed E-state index contributed by atoms with van der Waals surface area (Å²) >= 11 is 0. The molecule has 15 heteroatoms. The van der Waals surface area contributed by atoms with Gasteiger partial charge in [0.1, 0.15) is 0 Å². The van der Waals surface area contributed by atoms with Crippen molar-refractivity contribution in [3.63, 3.8) is 0 Å². The summed E-state index contributed by atoms with van der Waals surface area (Å²) in [6.45, 7) is 6.95. The van der Waals surface area contributed by atoms with Gasteiger partial charge in [-0.05, 0) is 24.9 Å². The van der Waals surface area contributed by atoms with Crippen molar-refractivity contribution < 1.29 is 33.3 Å². The maximum absolute atomic E-state index is 13.2. The predicted octanol–water partition coefficient (Wildman–Crippen LogP) is 1.82. The van der Waals surface area contributed by atoms with Crippen molar-refractivity contribution in [3.05, 3.63) is 45.2 Å². The van der Waals surface area contributed by atoms with Crippen molar-refractivity contribution in [3.8, 4) is 0 Å². The molecule has 1 aromatic carbocycles. The van der Waals surface area contributed by atoms with Crippen LogP contribution in [-0.4, -0.2) is 101 Å². The fraction of sp³-hybridized carbons (Fsp3) is 0.615. The molecule has 0 bridgehead atoms. The smallest absolute Gasteiger partial charge is 0.276 e. The van der Waals surface area contributed by atoms with Crippen LogP contribution in [0.4, 0.5) is 5.69 Å². The van der Waals surface area contributed by atoms with Crippen molar-refractivity contribution in [2.24, 2.45) is 5.11 Å². The monoisotopic (exact) mass is 577 g/mol. The van der Waals surface area contributed by atoms with Crippen LogP contribution in [0, 0.1) is 0 Å². The van der Waals surface area contributed by atoms with Crippen LogP contribution in [-0.2, 0) is 33.3 Å². The summed E-state index contributed by atoms with van der Waals surface area (Å²) in [6, 6.07) is 5.16. The van der Waals surface area contributed by atoms with Gasteiger partial charge in [-0.2, -0.15) is 5.10 Å². The number of fused-ring (bicyclic) bond motifs is 1. The largest absolute Gasteiger partial charge is 0.382 e. The van der Waals surface area contributed by atoms with Crippen molar-refractivity contribution >= 4 is 28.8 Å². The minimum atomic E-state index is -0.400. The Bertz CT molecular complexity index is 1160. The maximum atomic E-state index is 13.2. The molecule has 15 nitrogen and oxygen atoms in total. The maximum Gasteiger partial charge on any atom is 0.276 e. The first-order valence-corrected chi connectivity index (χ1v) is 13.5. The summed E-state index contributed by atoms with van der Waals surface area (Å²) in [4.78, 5) is 37.8. The Kier molecular flexibility index (Phi) is 17.4. The molecule has 0 radical (unpaired) electrons. The van der Waals surface area contributed by atoms with Gasteiger partial charge in [0.05, 0.1) is 83.7 Å². The van der Waals surface area contributed by atoms with E-state index in [0.717, 1.165) is 0 Å². The second-order valence-corrected chi connectivity index (χ2v) is 8.68. The van der Waals surface area contributed by atoms with Gasteiger partial charge in [0.25, 0.3) is 5.56 Å². The number of anilines is 1. The quantitative estimate of drug-likeness (QED) is 0.0612. The molecule has 2 amide bonds. The van der Waals surface area contributed by atoms with Crippen molar-refractivity contribution in [2.75, 3.05) is 84.5 Å². The topological polar surface area (TPSA) is 188 Å². The SMILES string of the molecule is CC(CCC(=O)NC=O)n1ncc2cccc(NCCOCCOCCOCCOCCOCCN=[N+]=[N-])c2c1=O. The molecule has 0 saturated carbocycles. The third kappa shape index (κ3) is 13.5. The summed E-state index contributed by atoms with van der Waals surface area (Å²) < 4.78 is 28.5. The molecule has 0 aliphatic rings. The molecule has 0 aliphatic heterocycles. The molecule has 2 N–H and O–H groups in total. The van der Waals surface area contributed by atoms with Crippen molar-refractivity contribution in [1.82, 2.24) is 15.1 Å². The first kappa shape index (κ1) is 33.6. The van der Waals surface area contributed by atoms with E-state index in [1.54, 1.807) is 13.1 Å². The van der Waals surface area contributed by atoms with Gasteiger partial charge in [0.2, 0.25) is 12.3 Å². The molecule has 1 heterocycles. The highest BCUT2D eigenvalue weighted by Crippen LogP contribution is 2.20. The number of rotatable bonds is 24. The van der Waals surface area contributed by atoms with E-state index in [0.29, 0.717) is 108 Å². The van der Waals surface area contributed by atoms with Crippen molar-refractivity contribution in [1.29, 1.82) is 0 Å². The van der Waals surface area contributed by atoms with E-state index in [4.69, 9.17) is 29.2 Å². The second kappa shape index (κ2) is 21.2. The fourth-order valence-electron chi connectivity index (χ4n) is 3.66. The van der Waals surface area contributed by atoms with Crippen LogP contribution in [0.2, 0.25) is 0 Å². The zero-order valence-electron chi connectivity index (χ0n) is 23.4. The molecule has 1 unspecified atom stereocenters. The van der Waals surface area contributed by atoms with Crippen LogP contribution in [0.15, 0.2) is 34.3 Å². The first-order chi connectivity index (χ1) is 20.1. The number of nitrogens with one attached hydrogen (secondary N) is 2. The van der Waals surface area contributed by atoms with E-state index in [2.05, 4.69) is 25.8 Å². The minimum Gasteiger partial charge on any atom is -0.382 e. The van der Waals surface area contributed by atoms with Crippen LogP contribution in [0.5, 0.6) is 0 Å². The summed E-state index contributed by atoms with van der Waals surface area (Å²) in [7, 11) is 0. The molecule has 226 valence electrons. The number of hydrogen-bond donors (Lipinski definition) is 2. The molecule has 0 saturated heterocycles. The standard InChI is InChI=1S/C26H39N7O8/c1-21(5-6-24(35)29-20-34)33-26(36)25-22(19-31-33)3-2-4-23(25)28-7-9-37-11-13-39-15-17-41-18-16-40-14-12-38-10-8-30-32-27/h2-4,19-21,28H,5-18H2,1H3,(H,29,34,35). The number of imide groups is 1. The number of nitrogens with zero attached hydrogens (tertiary/aromatic N) is 5. The van der Waals surface area contributed by atoms with E-state index in [-0.39, 0.29) is 18.0 Å². The molecular weight excluding hydrogens is 538 g/mol. The number of hydrogen-bond acceptors (Lipinski definition) is 11. The highest BCUT2D eigenvalue weighted by molar-refractivity contribution is 5.92. The molecular formula is C26H39N7O8. The molecule has 2 aromatic rings. The summed E-state index contributed by atoms with van der Waals surface area (Å²) in [6.07, 6.45) is 2.44. The molecule has 1 atom stereocenters. The number of benzene rings is 1. The minimum absolute atomic E-state index is 0.106. The van der Waals surface area contributed by atoms with Gasteiger partial charge < -0.3 is 29.0 Å². The van der Waals surface area contributed by atoms with Gasteiger partial charge >= 0.3 is 0 Å². The van der Waals surface area contributed by atoms with Gasteiger partial charge in [-0.1, -0.05) is 17.2 Å². The van der Waals surface area contributed by atoms with Crippen LogP contribution in [0.3, 0.4) is 0 Å². The van der Waals surface area contributed by atoms with Gasteiger partial charge in [-0.25, -0.2) is 4.68 Å². The molecule has 1 aromatic heterocycles. The van der Waals surface area contributed by atoms with Gasteiger partial charge in [0.15, 0.2) is 0 Å². The van der Waals surface area contributed by atoms with Gasteiger partial charge in [0, 0.05) is 35.5 Å². The van der Waals surface area contributed by atoms with Crippen LogP contribution in [0.1, 0.15) is 25.8 Å². The van der Waals surface area contributed by atoms with Crippen LogP contribution in [0.25, 0.3) is 21.2 Å². The van der Waals surface area contributed by atoms with Crippen molar-refractivity contribution in [2.45, 2.75) is 25.8 Å². The van der Waals surface area contributed by atoms with Crippen LogP contribution < -0.4 is 16.2 Å². The van der Waals surface area contributed by atoms with Gasteiger partial charge in [-0.15, -0.1) is 0 Å². The lowest BCUT2D eigenvalue weighted by molar-refractivity contribution is -0.125. The van der Waals surface area contributed by atoms with E-state index >= 15 is 0 Å². The Morgan fingerprint density at radius 2 is 1.63 bits per heavy atom. The van der Waals surface area contributed by atoms with E-state index in [1.807, 2.05) is 18.2 Å². The summed E-state index contributed by atoms with van der Waals surface area (Å²) in [5, 5.41) is 14.2. The number of azide groups is 1. The average molecular weight is 578 g/mol. The number of amides is 2. The molecule has 0 fully saturated rings. The second-order valence-electron chi connectivity index (χ2n) is 8.68. The fourth-order valence-corrected chi connectivity index (χ4v) is 3.66. The number of ether oxygens (including phenoxy) is 5. The molecule has 0 aliphatic carbocycles. The molecule has 0 spiro atoms. The van der Waals surface area contributed by atoms with E-state index < -0.39 is 5.91 Å². The number of carbonyl (C=O) groups excluding carboxylic acids is 2. The average Bonchev–Trinajstić information content (AvgIpc) is 2.97. The zero-order chi connectivity index (χ0) is 29.5. The summed E-state index contributed by atoms with van der Waals surface area (Å²) in [5.41, 5.74) is 8.56. The third-order valence-corrected chi connectivity index (χ3v) is 5.72. The lowest BCUT2D eigenvalue weighted by Crippen LogP contribution is -2.28. The molecule has 41 heavy (non-hydrogen) atoms. The lowest BCUT2D eigenvalue weighted by atomic mass is 10.1. The molecule has 2 rings (SSSR count). The highest BCUT2D eigenvalue weighted by Gasteiger charge is 2.14. The van der Waals surface area contributed by atoms with E-state index in [9.17, 15) is 14.4 Å². The third-order valence-electron chi connectivity index (χ3n) is 5.72. The Morgan fingerprint density at radius 1 is 1.02 bits per heavy atom. The van der Waals surface area contributed by atoms with Crippen LogP contribution >= 0.6 is 0 Å². The number of aromatic nitrogens is 2. The Labute approximate surface area is 238 Å². The summed E-state index contributed by atoms with van der Waals surface area (Å²) in [5.74, 6) is -0.400. The normalized spacial score (nSPS) is 11.6. The zero-order valence-corrected chi connectivity index (χ0v) is 23.4. The first-order valence-electron chi connectivity index (χ1n) is 13.5. The lowest BCUT2D eigenvalue weighted by Gasteiger charge is -2.15. The van der Waals surface area contributed by atoms with E-state index in [1.165, 1.54) is 4.68 Å². The highest BCUT2D eigenvalue weighted by atomic mass is 16.6. The van der Waals surface area contributed by atoms with Gasteiger partial charge in [-0.3, -0.25) is 19.7 Å². The Balaban J connectivity index is 1.58. The predicted molar refractivity (Wildman–Crippen MR) is 151 cm³/mol. The Morgan fingerprint density at radius 3 is 2.24 bits per heavy atom. The number of carbonyl (C=O) groups is 2.